The monoisotopic (exact) mass is 397 g/mol. The molecule has 21 heavy (non-hydrogen) atoms. The van der Waals surface area contributed by atoms with Crippen molar-refractivity contribution < 1.29 is 14.7 Å². The smallest absolute Gasteiger partial charge is 0.307 e. The zero-order chi connectivity index (χ0) is 15.1. The van der Waals surface area contributed by atoms with E-state index in [1.807, 2.05) is 37.3 Å². The van der Waals surface area contributed by atoms with Crippen molar-refractivity contribution in [3.05, 3.63) is 39.5 Å². The Morgan fingerprint density at radius 3 is 2.52 bits per heavy atom. The fraction of sp³-hybridized carbons (Fsp3) is 0.375. The van der Waals surface area contributed by atoms with Gasteiger partial charge in [0.05, 0.1) is 11.8 Å². The largest absolute Gasteiger partial charge is 0.481 e. The van der Waals surface area contributed by atoms with Crippen molar-refractivity contribution in [2.45, 2.75) is 13.3 Å². The van der Waals surface area contributed by atoms with E-state index >= 15 is 0 Å². The Bertz CT molecular complexity index is 640. The Kier molecular flexibility index (Phi) is 3.77. The lowest BCUT2D eigenvalue weighted by atomic mass is 9.82. The number of fused-ring (bicyclic) bond motifs is 2. The molecule has 1 saturated carbocycles. The number of carbonyl (C=O) groups is 2. The highest BCUT2D eigenvalue weighted by molar-refractivity contribution is 14.1. The normalized spacial score (nSPS) is 29.6. The van der Waals surface area contributed by atoms with Crippen molar-refractivity contribution in [1.82, 2.24) is 0 Å². The number of allylic oxidation sites excluding steroid dienone is 2. The number of aryl methyl sites for hydroxylation is 1. The van der Waals surface area contributed by atoms with Crippen LogP contribution in [-0.2, 0) is 9.59 Å². The summed E-state index contributed by atoms with van der Waals surface area (Å²) in [7, 11) is 0. The molecule has 2 bridgehead atoms. The van der Waals surface area contributed by atoms with Gasteiger partial charge in [-0.25, -0.2) is 0 Å². The Balaban J connectivity index is 1.82. The Hall–Kier alpha value is -1.37. The highest BCUT2D eigenvalue weighted by atomic mass is 127. The number of nitrogens with one attached hydrogen (secondary N) is 1. The summed E-state index contributed by atoms with van der Waals surface area (Å²) >= 11 is 2.22. The molecule has 0 aromatic heterocycles. The first kappa shape index (κ1) is 14.6. The molecule has 4 nitrogen and oxygen atoms in total. The molecule has 0 saturated heterocycles. The van der Waals surface area contributed by atoms with Crippen LogP contribution < -0.4 is 5.32 Å². The van der Waals surface area contributed by atoms with Crippen LogP contribution >= 0.6 is 22.6 Å². The second-order valence-electron chi connectivity index (χ2n) is 5.79. The summed E-state index contributed by atoms with van der Waals surface area (Å²) < 4.78 is 1.11. The van der Waals surface area contributed by atoms with E-state index in [-0.39, 0.29) is 17.7 Å². The number of hydrogen-bond donors (Lipinski definition) is 2. The van der Waals surface area contributed by atoms with E-state index < -0.39 is 17.8 Å². The molecule has 1 aromatic carbocycles. The molecule has 1 aromatic rings. The van der Waals surface area contributed by atoms with Crippen molar-refractivity contribution in [1.29, 1.82) is 0 Å². The molecule has 0 radical (unpaired) electrons. The fourth-order valence-corrected chi connectivity index (χ4v) is 4.15. The van der Waals surface area contributed by atoms with Gasteiger partial charge in [-0.15, -0.1) is 0 Å². The van der Waals surface area contributed by atoms with Crippen LogP contribution in [0.2, 0.25) is 0 Å². The third-order valence-electron chi connectivity index (χ3n) is 4.49. The van der Waals surface area contributed by atoms with Gasteiger partial charge in [0, 0.05) is 9.26 Å². The summed E-state index contributed by atoms with van der Waals surface area (Å²) in [5.74, 6) is -2.04. The van der Waals surface area contributed by atoms with Crippen molar-refractivity contribution in [3.8, 4) is 0 Å². The highest BCUT2D eigenvalue weighted by Gasteiger charge is 2.51. The Morgan fingerprint density at radius 1 is 1.24 bits per heavy atom. The predicted molar refractivity (Wildman–Crippen MR) is 87.9 cm³/mol. The minimum atomic E-state index is -0.869. The third kappa shape index (κ3) is 2.59. The minimum absolute atomic E-state index is 0.000990. The van der Waals surface area contributed by atoms with Crippen molar-refractivity contribution in [3.63, 3.8) is 0 Å². The molecule has 2 aliphatic rings. The summed E-state index contributed by atoms with van der Waals surface area (Å²) in [6, 6.07) is 5.79. The molecule has 0 heterocycles. The molecule has 4 atom stereocenters. The second-order valence-corrected chi connectivity index (χ2v) is 7.03. The summed E-state index contributed by atoms with van der Waals surface area (Å²) in [6.45, 7) is 1.94. The standard InChI is InChI=1S/C16H16INO3/c1-8-6-11(17)4-5-12(8)18-15(19)13-9-2-3-10(7-9)14(13)16(20)21/h2-6,9-10,13-14H,7H2,1H3,(H,18,19)(H,20,21)/t9?,10?,13-,14+/m0/s1. The molecule has 0 aliphatic heterocycles. The quantitative estimate of drug-likeness (QED) is 0.609. The Labute approximate surface area is 136 Å². The van der Waals surface area contributed by atoms with Crippen molar-refractivity contribution >= 4 is 40.2 Å². The minimum Gasteiger partial charge on any atom is -0.481 e. The molecular formula is C16H16INO3. The molecule has 110 valence electrons. The maximum Gasteiger partial charge on any atom is 0.307 e. The topological polar surface area (TPSA) is 66.4 Å². The summed E-state index contributed by atoms with van der Waals surface area (Å²) in [5.41, 5.74) is 1.75. The van der Waals surface area contributed by atoms with Crippen molar-refractivity contribution in [2.24, 2.45) is 23.7 Å². The fourth-order valence-electron chi connectivity index (χ4n) is 3.50. The van der Waals surface area contributed by atoms with E-state index in [9.17, 15) is 14.7 Å². The number of amides is 1. The van der Waals surface area contributed by atoms with E-state index in [1.165, 1.54) is 0 Å². The van der Waals surface area contributed by atoms with Crippen LogP contribution in [-0.4, -0.2) is 17.0 Å². The number of carboxylic acids is 1. The van der Waals surface area contributed by atoms with E-state index in [0.717, 1.165) is 21.2 Å². The van der Waals surface area contributed by atoms with Crippen LogP contribution in [0.1, 0.15) is 12.0 Å². The number of benzene rings is 1. The predicted octanol–water partition coefficient (Wildman–Crippen LogP) is 3.06. The van der Waals surface area contributed by atoms with E-state index in [4.69, 9.17) is 0 Å². The Morgan fingerprint density at radius 2 is 1.90 bits per heavy atom. The molecule has 3 rings (SSSR count). The lowest BCUT2D eigenvalue weighted by Crippen LogP contribution is -2.36. The molecule has 2 N–H and O–H groups in total. The maximum atomic E-state index is 12.5. The van der Waals surface area contributed by atoms with Gasteiger partial charge < -0.3 is 10.4 Å². The van der Waals surface area contributed by atoms with Gasteiger partial charge in [0.2, 0.25) is 5.91 Å². The molecule has 1 fully saturated rings. The zero-order valence-electron chi connectivity index (χ0n) is 11.5. The van der Waals surface area contributed by atoms with Gasteiger partial charge in [0.15, 0.2) is 0 Å². The summed E-state index contributed by atoms with van der Waals surface area (Å²) in [6.07, 6.45) is 4.72. The van der Waals surface area contributed by atoms with Crippen LogP contribution in [0.3, 0.4) is 0 Å². The first-order chi connectivity index (χ1) is 9.97. The van der Waals surface area contributed by atoms with Crippen LogP contribution in [0, 0.1) is 34.2 Å². The SMILES string of the molecule is Cc1cc(I)ccc1NC(=O)[C@H]1C2C=CC(C2)[C@H]1C(=O)O. The van der Waals surface area contributed by atoms with Gasteiger partial charge in [-0.1, -0.05) is 12.2 Å². The molecule has 2 unspecified atom stereocenters. The summed E-state index contributed by atoms with van der Waals surface area (Å²) in [4.78, 5) is 24.0. The first-order valence-corrected chi connectivity index (χ1v) is 8.03. The van der Waals surface area contributed by atoms with Gasteiger partial charge in [-0.2, -0.15) is 0 Å². The number of carboxylic acid groups (broad SMARTS) is 1. The lowest BCUT2D eigenvalue weighted by Gasteiger charge is -2.24. The number of halogens is 1. The molecule has 5 heteroatoms. The maximum absolute atomic E-state index is 12.5. The highest BCUT2D eigenvalue weighted by Crippen LogP contribution is 2.48. The average Bonchev–Trinajstić information content (AvgIpc) is 3.02. The van der Waals surface area contributed by atoms with Gasteiger partial charge in [0.1, 0.15) is 0 Å². The van der Waals surface area contributed by atoms with Crippen LogP contribution in [0.5, 0.6) is 0 Å². The van der Waals surface area contributed by atoms with Gasteiger partial charge >= 0.3 is 5.97 Å². The molecule has 1 amide bonds. The molecule has 2 aliphatic carbocycles. The van der Waals surface area contributed by atoms with Gasteiger partial charge in [0.25, 0.3) is 0 Å². The number of carbonyl (C=O) groups excluding carboxylic acids is 1. The van der Waals surface area contributed by atoms with Crippen LogP contribution in [0.4, 0.5) is 5.69 Å². The molecular weight excluding hydrogens is 381 g/mol. The van der Waals surface area contributed by atoms with E-state index in [2.05, 4.69) is 27.9 Å². The van der Waals surface area contributed by atoms with Crippen molar-refractivity contribution in [2.75, 3.05) is 5.32 Å². The average molecular weight is 397 g/mol. The molecule has 0 spiro atoms. The van der Waals surface area contributed by atoms with Crippen LogP contribution in [0.25, 0.3) is 0 Å². The third-order valence-corrected chi connectivity index (χ3v) is 5.16. The number of rotatable bonds is 3. The van der Waals surface area contributed by atoms with E-state index in [1.54, 1.807) is 0 Å². The second kappa shape index (κ2) is 5.44. The van der Waals surface area contributed by atoms with Gasteiger partial charge in [-0.3, -0.25) is 9.59 Å². The lowest BCUT2D eigenvalue weighted by molar-refractivity contribution is -0.146. The van der Waals surface area contributed by atoms with Crippen LogP contribution in [0.15, 0.2) is 30.4 Å². The van der Waals surface area contributed by atoms with Gasteiger partial charge in [-0.05, 0) is 71.5 Å². The number of anilines is 1. The summed E-state index contributed by atoms with van der Waals surface area (Å²) in [5, 5.41) is 12.3. The van der Waals surface area contributed by atoms with E-state index in [0.29, 0.717) is 0 Å². The number of hydrogen-bond acceptors (Lipinski definition) is 2. The first-order valence-electron chi connectivity index (χ1n) is 6.95. The zero-order valence-corrected chi connectivity index (χ0v) is 13.7. The number of aliphatic carboxylic acids is 1.